The molecule has 0 radical (unpaired) electrons. The summed E-state index contributed by atoms with van der Waals surface area (Å²) in [6.45, 7) is 0. The van der Waals surface area contributed by atoms with Crippen LogP contribution in [0.5, 0.6) is 5.75 Å². The van der Waals surface area contributed by atoms with Crippen LogP contribution in [0.15, 0.2) is 47.5 Å². The maximum absolute atomic E-state index is 10.9. The second kappa shape index (κ2) is 4.75. The SMILES string of the molecule is O=S(=O)(O)c1ccc(Cc2ncccc2O)cc1. The third-order valence-electron chi connectivity index (χ3n) is 2.46. The van der Waals surface area contributed by atoms with Gasteiger partial charge in [0.05, 0.1) is 10.6 Å². The molecular formula is C12H11NO4S. The van der Waals surface area contributed by atoms with Crippen molar-refractivity contribution in [1.82, 2.24) is 4.98 Å². The highest BCUT2D eigenvalue weighted by molar-refractivity contribution is 7.85. The van der Waals surface area contributed by atoms with E-state index in [1.807, 2.05) is 0 Å². The Labute approximate surface area is 104 Å². The molecule has 0 amide bonds. The summed E-state index contributed by atoms with van der Waals surface area (Å²) >= 11 is 0. The van der Waals surface area contributed by atoms with Crippen LogP contribution >= 0.6 is 0 Å². The molecule has 0 saturated heterocycles. The van der Waals surface area contributed by atoms with E-state index in [-0.39, 0.29) is 10.6 Å². The van der Waals surface area contributed by atoms with Crippen LogP contribution in [0, 0.1) is 0 Å². The maximum atomic E-state index is 10.9. The van der Waals surface area contributed by atoms with Crippen molar-refractivity contribution in [2.45, 2.75) is 11.3 Å². The lowest BCUT2D eigenvalue weighted by molar-refractivity contribution is 0.465. The van der Waals surface area contributed by atoms with Crippen molar-refractivity contribution < 1.29 is 18.1 Å². The van der Waals surface area contributed by atoms with Gasteiger partial charge in [-0.1, -0.05) is 12.1 Å². The average molecular weight is 265 g/mol. The molecule has 0 saturated carbocycles. The highest BCUT2D eigenvalue weighted by Gasteiger charge is 2.09. The van der Waals surface area contributed by atoms with Crippen molar-refractivity contribution in [3.63, 3.8) is 0 Å². The van der Waals surface area contributed by atoms with E-state index in [0.717, 1.165) is 5.56 Å². The highest BCUT2D eigenvalue weighted by atomic mass is 32.2. The van der Waals surface area contributed by atoms with Gasteiger partial charge < -0.3 is 5.11 Å². The zero-order valence-corrected chi connectivity index (χ0v) is 10.1. The largest absolute Gasteiger partial charge is 0.506 e. The van der Waals surface area contributed by atoms with Gasteiger partial charge in [0.1, 0.15) is 5.75 Å². The summed E-state index contributed by atoms with van der Waals surface area (Å²) in [4.78, 5) is 3.87. The molecular weight excluding hydrogens is 254 g/mol. The number of rotatable bonds is 3. The Hall–Kier alpha value is -1.92. The zero-order chi connectivity index (χ0) is 13.2. The van der Waals surface area contributed by atoms with Gasteiger partial charge in [-0.25, -0.2) is 0 Å². The van der Waals surface area contributed by atoms with Gasteiger partial charge in [-0.05, 0) is 29.8 Å². The quantitative estimate of drug-likeness (QED) is 0.823. The molecule has 0 aliphatic rings. The summed E-state index contributed by atoms with van der Waals surface area (Å²) < 4.78 is 30.6. The number of aromatic hydroxyl groups is 1. The molecule has 2 N–H and O–H groups in total. The van der Waals surface area contributed by atoms with Gasteiger partial charge in [0.15, 0.2) is 0 Å². The van der Waals surface area contributed by atoms with Crippen LogP contribution < -0.4 is 0 Å². The predicted molar refractivity (Wildman–Crippen MR) is 65.0 cm³/mol. The smallest absolute Gasteiger partial charge is 0.294 e. The fourth-order valence-corrected chi connectivity index (χ4v) is 2.02. The third-order valence-corrected chi connectivity index (χ3v) is 3.33. The molecule has 2 aromatic rings. The van der Waals surface area contributed by atoms with Crippen molar-refractivity contribution in [2.75, 3.05) is 0 Å². The van der Waals surface area contributed by atoms with Crippen LogP contribution in [-0.4, -0.2) is 23.1 Å². The monoisotopic (exact) mass is 265 g/mol. The van der Waals surface area contributed by atoms with E-state index in [2.05, 4.69) is 4.98 Å². The summed E-state index contributed by atoms with van der Waals surface area (Å²) in [5, 5.41) is 9.56. The molecule has 0 aliphatic heterocycles. The average Bonchev–Trinajstić information content (AvgIpc) is 2.32. The van der Waals surface area contributed by atoms with E-state index in [9.17, 15) is 13.5 Å². The summed E-state index contributed by atoms with van der Waals surface area (Å²) in [6.07, 6.45) is 1.96. The van der Waals surface area contributed by atoms with Crippen LogP contribution in [0.3, 0.4) is 0 Å². The molecule has 94 valence electrons. The molecule has 0 aliphatic carbocycles. The number of hydrogen-bond donors (Lipinski definition) is 2. The van der Waals surface area contributed by atoms with E-state index in [1.54, 1.807) is 24.4 Å². The fourth-order valence-electron chi connectivity index (χ4n) is 1.54. The Kier molecular flexibility index (Phi) is 3.31. The minimum absolute atomic E-state index is 0.0938. The van der Waals surface area contributed by atoms with Crippen molar-refractivity contribution in [2.24, 2.45) is 0 Å². The minimum atomic E-state index is -4.17. The first-order valence-electron chi connectivity index (χ1n) is 5.16. The molecule has 18 heavy (non-hydrogen) atoms. The third kappa shape index (κ3) is 2.85. The Balaban J connectivity index is 2.24. The van der Waals surface area contributed by atoms with Crippen LogP contribution in [-0.2, 0) is 16.5 Å². The first kappa shape index (κ1) is 12.5. The van der Waals surface area contributed by atoms with Gasteiger partial charge >= 0.3 is 0 Å². The molecule has 0 fully saturated rings. The van der Waals surface area contributed by atoms with E-state index in [0.29, 0.717) is 12.1 Å². The molecule has 0 atom stereocenters. The van der Waals surface area contributed by atoms with Gasteiger partial charge in [0, 0.05) is 12.6 Å². The molecule has 0 unspecified atom stereocenters. The van der Waals surface area contributed by atoms with E-state index >= 15 is 0 Å². The molecule has 2 rings (SSSR count). The van der Waals surface area contributed by atoms with Crippen molar-refractivity contribution in [3.05, 3.63) is 53.9 Å². The van der Waals surface area contributed by atoms with E-state index in [4.69, 9.17) is 4.55 Å². The molecule has 5 nitrogen and oxygen atoms in total. The lowest BCUT2D eigenvalue weighted by Crippen LogP contribution is -1.98. The normalized spacial score (nSPS) is 11.4. The van der Waals surface area contributed by atoms with Gasteiger partial charge in [0.2, 0.25) is 0 Å². The fraction of sp³-hybridized carbons (Fsp3) is 0.0833. The zero-order valence-electron chi connectivity index (χ0n) is 9.31. The van der Waals surface area contributed by atoms with Gasteiger partial charge in [0.25, 0.3) is 10.1 Å². The Morgan fingerprint density at radius 3 is 2.33 bits per heavy atom. The number of pyridine rings is 1. The summed E-state index contributed by atoms with van der Waals surface area (Å²) in [5.74, 6) is 0.0938. The van der Waals surface area contributed by atoms with Gasteiger partial charge in [-0.3, -0.25) is 9.54 Å². The standard InChI is InChI=1S/C12H11NO4S/c14-12-2-1-7-13-11(12)8-9-3-5-10(6-4-9)18(15,16)17/h1-7,14H,8H2,(H,15,16,17). The first-order valence-corrected chi connectivity index (χ1v) is 6.60. The molecule has 1 heterocycles. The van der Waals surface area contributed by atoms with Crippen LogP contribution in [0.1, 0.15) is 11.3 Å². The number of benzene rings is 1. The topological polar surface area (TPSA) is 87.5 Å². The van der Waals surface area contributed by atoms with E-state index < -0.39 is 10.1 Å². The number of hydrogen-bond acceptors (Lipinski definition) is 4. The first-order chi connectivity index (χ1) is 8.47. The Morgan fingerprint density at radius 1 is 1.11 bits per heavy atom. The second-order valence-corrected chi connectivity index (χ2v) is 5.19. The molecule has 0 bridgehead atoms. The summed E-state index contributed by atoms with van der Waals surface area (Å²) in [5.41, 5.74) is 1.30. The Bertz CT molecular complexity index is 650. The van der Waals surface area contributed by atoms with Crippen molar-refractivity contribution in [1.29, 1.82) is 0 Å². The predicted octanol–water partition coefficient (Wildman–Crippen LogP) is 1.62. The highest BCUT2D eigenvalue weighted by Crippen LogP contribution is 2.18. The summed E-state index contributed by atoms with van der Waals surface area (Å²) in [7, 11) is -4.17. The van der Waals surface area contributed by atoms with Crippen molar-refractivity contribution in [3.8, 4) is 5.75 Å². The molecule has 1 aromatic heterocycles. The molecule has 0 spiro atoms. The van der Waals surface area contributed by atoms with Crippen LogP contribution in [0.25, 0.3) is 0 Å². The number of nitrogens with zero attached hydrogens (tertiary/aromatic N) is 1. The Morgan fingerprint density at radius 2 is 1.78 bits per heavy atom. The van der Waals surface area contributed by atoms with Gasteiger partial charge in [-0.15, -0.1) is 0 Å². The molecule has 1 aromatic carbocycles. The van der Waals surface area contributed by atoms with Crippen LogP contribution in [0.2, 0.25) is 0 Å². The summed E-state index contributed by atoms with van der Waals surface area (Å²) in [6, 6.07) is 8.92. The van der Waals surface area contributed by atoms with Crippen molar-refractivity contribution >= 4 is 10.1 Å². The lowest BCUT2D eigenvalue weighted by atomic mass is 10.1. The lowest BCUT2D eigenvalue weighted by Gasteiger charge is -2.04. The second-order valence-electron chi connectivity index (χ2n) is 3.77. The minimum Gasteiger partial charge on any atom is -0.506 e. The number of aromatic nitrogens is 1. The van der Waals surface area contributed by atoms with Crippen LogP contribution in [0.4, 0.5) is 0 Å². The maximum Gasteiger partial charge on any atom is 0.294 e. The van der Waals surface area contributed by atoms with Gasteiger partial charge in [-0.2, -0.15) is 8.42 Å². The molecule has 6 heteroatoms. The van der Waals surface area contributed by atoms with E-state index in [1.165, 1.54) is 18.2 Å².